The van der Waals surface area contributed by atoms with E-state index in [0.717, 1.165) is 10.6 Å². The van der Waals surface area contributed by atoms with Gasteiger partial charge in [-0.2, -0.15) is 0 Å². The lowest BCUT2D eigenvalue weighted by atomic mass is 10.2. The van der Waals surface area contributed by atoms with Crippen LogP contribution in [0.3, 0.4) is 0 Å². The number of rotatable bonds is 3. The van der Waals surface area contributed by atoms with Crippen LogP contribution in [0.1, 0.15) is 12.5 Å². The molecule has 72 valence electrons. The quantitative estimate of drug-likeness (QED) is 0.574. The minimum absolute atomic E-state index is 0.421. The first-order chi connectivity index (χ1) is 6.13. The molecular formula is C10H16N2S. The van der Waals surface area contributed by atoms with Crippen LogP contribution in [0, 0.1) is 6.92 Å². The van der Waals surface area contributed by atoms with E-state index in [0.29, 0.717) is 11.8 Å². The Kier molecular flexibility index (Phi) is 3.63. The third-order valence-corrected chi connectivity index (χ3v) is 3.05. The highest BCUT2D eigenvalue weighted by atomic mass is 32.2. The number of hydrogen-bond donors (Lipinski definition) is 2. The predicted molar refractivity (Wildman–Crippen MR) is 60.0 cm³/mol. The molecule has 0 aliphatic heterocycles. The smallest absolute Gasteiger partial charge is 0.0454 e. The fourth-order valence-electron chi connectivity index (χ4n) is 1.04. The van der Waals surface area contributed by atoms with E-state index in [4.69, 9.17) is 11.5 Å². The molecule has 0 heterocycles. The van der Waals surface area contributed by atoms with E-state index < -0.39 is 0 Å². The van der Waals surface area contributed by atoms with Crippen molar-refractivity contribution in [2.75, 3.05) is 12.3 Å². The number of aryl methyl sites for hydroxylation is 1. The maximum absolute atomic E-state index is 5.86. The van der Waals surface area contributed by atoms with Crippen molar-refractivity contribution in [2.45, 2.75) is 24.0 Å². The molecule has 0 aliphatic carbocycles. The molecule has 0 saturated heterocycles. The van der Waals surface area contributed by atoms with E-state index in [-0.39, 0.29) is 0 Å². The highest BCUT2D eigenvalue weighted by molar-refractivity contribution is 8.00. The van der Waals surface area contributed by atoms with E-state index in [9.17, 15) is 0 Å². The first kappa shape index (κ1) is 10.4. The van der Waals surface area contributed by atoms with Gasteiger partial charge in [-0.15, -0.1) is 11.8 Å². The Morgan fingerprint density at radius 3 is 2.69 bits per heavy atom. The van der Waals surface area contributed by atoms with Crippen molar-refractivity contribution in [1.82, 2.24) is 0 Å². The molecule has 0 aliphatic rings. The van der Waals surface area contributed by atoms with Gasteiger partial charge in [-0.1, -0.05) is 13.0 Å². The van der Waals surface area contributed by atoms with Gasteiger partial charge in [0.2, 0.25) is 0 Å². The first-order valence-corrected chi connectivity index (χ1v) is 5.24. The molecule has 0 bridgehead atoms. The second-order valence-electron chi connectivity index (χ2n) is 3.21. The number of thioether (sulfide) groups is 1. The zero-order valence-electron chi connectivity index (χ0n) is 8.08. The SMILES string of the molecule is Cc1ccc(SC(C)CN)c(N)c1. The van der Waals surface area contributed by atoms with Crippen molar-refractivity contribution in [2.24, 2.45) is 5.73 Å². The summed E-state index contributed by atoms with van der Waals surface area (Å²) in [5.74, 6) is 0. The van der Waals surface area contributed by atoms with Crippen LogP contribution in [-0.2, 0) is 0 Å². The van der Waals surface area contributed by atoms with Crippen LogP contribution in [0.15, 0.2) is 23.1 Å². The van der Waals surface area contributed by atoms with Gasteiger partial charge in [0, 0.05) is 22.4 Å². The Hall–Kier alpha value is -0.670. The average Bonchev–Trinajstić information content (AvgIpc) is 2.09. The summed E-state index contributed by atoms with van der Waals surface area (Å²) in [6, 6.07) is 6.12. The van der Waals surface area contributed by atoms with Crippen molar-refractivity contribution in [1.29, 1.82) is 0 Å². The van der Waals surface area contributed by atoms with E-state index >= 15 is 0 Å². The maximum Gasteiger partial charge on any atom is 0.0454 e. The molecule has 0 radical (unpaired) electrons. The molecule has 1 rings (SSSR count). The molecular weight excluding hydrogens is 180 g/mol. The Morgan fingerprint density at radius 2 is 2.15 bits per heavy atom. The maximum atomic E-state index is 5.86. The molecule has 2 nitrogen and oxygen atoms in total. The van der Waals surface area contributed by atoms with Crippen LogP contribution in [0.5, 0.6) is 0 Å². The van der Waals surface area contributed by atoms with Gasteiger partial charge in [-0.05, 0) is 24.6 Å². The normalized spacial score (nSPS) is 12.8. The molecule has 3 heteroatoms. The lowest BCUT2D eigenvalue weighted by Gasteiger charge is -2.10. The summed E-state index contributed by atoms with van der Waals surface area (Å²) < 4.78 is 0. The van der Waals surface area contributed by atoms with Crippen LogP contribution in [0.4, 0.5) is 5.69 Å². The molecule has 1 aromatic carbocycles. The van der Waals surface area contributed by atoms with Crippen molar-refractivity contribution in [3.05, 3.63) is 23.8 Å². The molecule has 4 N–H and O–H groups in total. The van der Waals surface area contributed by atoms with Gasteiger partial charge in [0.15, 0.2) is 0 Å². The fourth-order valence-corrected chi connectivity index (χ4v) is 1.91. The van der Waals surface area contributed by atoms with Crippen molar-refractivity contribution in [3.8, 4) is 0 Å². The van der Waals surface area contributed by atoms with Gasteiger partial charge in [-0.3, -0.25) is 0 Å². The van der Waals surface area contributed by atoms with E-state index in [2.05, 4.69) is 19.1 Å². The van der Waals surface area contributed by atoms with E-state index in [1.165, 1.54) is 5.56 Å². The average molecular weight is 196 g/mol. The number of nitrogens with two attached hydrogens (primary N) is 2. The number of nitrogen functional groups attached to an aromatic ring is 1. The topological polar surface area (TPSA) is 52.0 Å². The third kappa shape index (κ3) is 2.94. The van der Waals surface area contributed by atoms with Gasteiger partial charge < -0.3 is 11.5 Å². The standard InChI is InChI=1S/C10H16N2S/c1-7-3-4-10(9(12)5-7)13-8(2)6-11/h3-5,8H,6,11-12H2,1-2H3. The lowest BCUT2D eigenvalue weighted by Crippen LogP contribution is -2.12. The molecule has 0 saturated carbocycles. The lowest BCUT2D eigenvalue weighted by molar-refractivity contribution is 0.951. The zero-order chi connectivity index (χ0) is 9.84. The minimum Gasteiger partial charge on any atom is -0.398 e. The van der Waals surface area contributed by atoms with Crippen LogP contribution < -0.4 is 11.5 Å². The highest BCUT2D eigenvalue weighted by Gasteiger charge is 2.04. The van der Waals surface area contributed by atoms with Crippen LogP contribution in [0.25, 0.3) is 0 Å². The molecule has 1 aromatic rings. The largest absolute Gasteiger partial charge is 0.398 e. The van der Waals surface area contributed by atoms with E-state index in [1.807, 2.05) is 13.0 Å². The van der Waals surface area contributed by atoms with Gasteiger partial charge in [0.1, 0.15) is 0 Å². The Morgan fingerprint density at radius 1 is 1.46 bits per heavy atom. The summed E-state index contributed by atoms with van der Waals surface area (Å²) in [6.07, 6.45) is 0. The van der Waals surface area contributed by atoms with Crippen molar-refractivity contribution in [3.63, 3.8) is 0 Å². The Balaban J connectivity index is 2.77. The molecule has 0 fully saturated rings. The number of hydrogen-bond acceptors (Lipinski definition) is 3. The van der Waals surface area contributed by atoms with Crippen molar-refractivity contribution >= 4 is 17.4 Å². The van der Waals surface area contributed by atoms with Gasteiger partial charge >= 0.3 is 0 Å². The molecule has 0 amide bonds. The highest BCUT2D eigenvalue weighted by Crippen LogP contribution is 2.28. The molecule has 1 atom stereocenters. The monoisotopic (exact) mass is 196 g/mol. The van der Waals surface area contributed by atoms with Gasteiger partial charge in [0.25, 0.3) is 0 Å². The fraction of sp³-hybridized carbons (Fsp3) is 0.400. The van der Waals surface area contributed by atoms with Crippen molar-refractivity contribution < 1.29 is 0 Å². The third-order valence-electron chi connectivity index (χ3n) is 1.83. The Labute approximate surface area is 83.7 Å². The second kappa shape index (κ2) is 4.53. The molecule has 1 unspecified atom stereocenters. The van der Waals surface area contributed by atoms with Gasteiger partial charge in [0.05, 0.1) is 0 Å². The second-order valence-corrected chi connectivity index (χ2v) is 4.69. The molecule has 0 aromatic heterocycles. The summed E-state index contributed by atoms with van der Waals surface area (Å²) in [5.41, 5.74) is 13.4. The zero-order valence-corrected chi connectivity index (χ0v) is 8.90. The number of benzene rings is 1. The summed E-state index contributed by atoms with van der Waals surface area (Å²) in [5, 5.41) is 0.421. The van der Waals surface area contributed by atoms with E-state index in [1.54, 1.807) is 11.8 Å². The summed E-state index contributed by atoms with van der Waals surface area (Å²) in [7, 11) is 0. The molecule has 13 heavy (non-hydrogen) atoms. The minimum atomic E-state index is 0.421. The Bertz CT molecular complexity index is 286. The summed E-state index contributed by atoms with van der Waals surface area (Å²) in [6.45, 7) is 4.82. The van der Waals surface area contributed by atoms with Crippen LogP contribution >= 0.6 is 11.8 Å². The summed E-state index contributed by atoms with van der Waals surface area (Å²) in [4.78, 5) is 1.13. The summed E-state index contributed by atoms with van der Waals surface area (Å²) >= 11 is 1.73. The predicted octanol–water partition coefficient (Wildman–Crippen LogP) is 2.02. The number of anilines is 1. The van der Waals surface area contributed by atoms with Crippen LogP contribution in [0.2, 0.25) is 0 Å². The first-order valence-electron chi connectivity index (χ1n) is 4.36. The van der Waals surface area contributed by atoms with Crippen LogP contribution in [-0.4, -0.2) is 11.8 Å². The van der Waals surface area contributed by atoms with Gasteiger partial charge in [-0.25, -0.2) is 0 Å². The molecule has 0 spiro atoms.